The Labute approximate surface area is 86.2 Å². The lowest BCUT2D eigenvalue weighted by Crippen LogP contribution is -2.10. The standard InChI is InChI=1S/C12H19NO/c1-10-9-11(5-4-8-14)6-7-12(10)13(2)3/h6-7,9,14H,4-5,8H2,1-3H3. The van der Waals surface area contributed by atoms with E-state index in [1.807, 2.05) is 0 Å². The van der Waals surface area contributed by atoms with Crippen LogP contribution < -0.4 is 4.90 Å². The fourth-order valence-corrected chi connectivity index (χ4v) is 1.66. The number of aliphatic hydroxyl groups is 1. The van der Waals surface area contributed by atoms with Gasteiger partial charge in [0.05, 0.1) is 0 Å². The zero-order valence-electron chi connectivity index (χ0n) is 9.25. The number of aryl methyl sites for hydroxylation is 2. The lowest BCUT2D eigenvalue weighted by molar-refractivity contribution is 0.288. The number of anilines is 1. The largest absolute Gasteiger partial charge is 0.396 e. The molecule has 0 heterocycles. The van der Waals surface area contributed by atoms with Crippen LogP contribution in [0.2, 0.25) is 0 Å². The van der Waals surface area contributed by atoms with E-state index in [0.717, 1.165) is 12.8 Å². The second kappa shape index (κ2) is 5.01. The first-order valence-electron chi connectivity index (χ1n) is 5.03. The highest BCUT2D eigenvalue weighted by Crippen LogP contribution is 2.19. The van der Waals surface area contributed by atoms with E-state index in [1.165, 1.54) is 16.8 Å². The highest BCUT2D eigenvalue weighted by Gasteiger charge is 2.01. The smallest absolute Gasteiger partial charge is 0.0434 e. The van der Waals surface area contributed by atoms with E-state index in [-0.39, 0.29) is 6.61 Å². The van der Waals surface area contributed by atoms with Crippen LogP contribution in [0.25, 0.3) is 0 Å². The second-order valence-electron chi connectivity index (χ2n) is 3.84. The predicted octanol–water partition coefficient (Wildman–Crippen LogP) is 1.99. The molecular formula is C12H19NO. The summed E-state index contributed by atoms with van der Waals surface area (Å²) in [4.78, 5) is 2.12. The molecule has 0 radical (unpaired) electrons. The van der Waals surface area contributed by atoms with Crippen LogP contribution in [0.4, 0.5) is 5.69 Å². The molecule has 0 aromatic heterocycles. The minimum Gasteiger partial charge on any atom is -0.396 e. The average Bonchev–Trinajstić information content (AvgIpc) is 2.14. The molecule has 0 saturated carbocycles. The Morgan fingerprint density at radius 3 is 2.50 bits per heavy atom. The van der Waals surface area contributed by atoms with E-state index >= 15 is 0 Å². The molecule has 0 bridgehead atoms. The van der Waals surface area contributed by atoms with Gasteiger partial charge in [0.15, 0.2) is 0 Å². The summed E-state index contributed by atoms with van der Waals surface area (Å²) in [6, 6.07) is 6.48. The molecule has 0 saturated heterocycles. The van der Waals surface area contributed by atoms with Crippen LogP contribution in [-0.2, 0) is 6.42 Å². The van der Waals surface area contributed by atoms with Crippen molar-refractivity contribution < 1.29 is 5.11 Å². The zero-order chi connectivity index (χ0) is 10.6. The first-order chi connectivity index (χ1) is 6.65. The van der Waals surface area contributed by atoms with Crippen molar-refractivity contribution in [3.63, 3.8) is 0 Å². The van der Waals surface area contributed by atoms with Gasteiger partial charge in [-0.2, -0.15) is 0 Å². The normalized spacial score (nSPS) is 10.3. The minimum atomic E-state index is 0.272. The van der Waals surface area contributed by atoms with Crippen molar-refractivity contribution in [3.05, 3.63) is 29.3 Å². The van der Waals surface area contributed by atoms with Crippen LogP contribution in [0.1, 0.15) is 17.5 Å². The van der Waals surface area contributed by atoms with Crippen molar-refractivity contribution in [3.8, 4) is 0 Å². The van der Waals surface area contributed by atoms with E-state index < -0.39 is 0 Å². The molecule has 14 heavy (non-hydrogen) atoms. The Kier molecular flexibility index (Phi) is 3.96. The highest BCUT2D eigenvalue weighted by molar-refractivity contribution is 5.53. The maximum atomic E-state index is 8.73. The maximum Gasteiger partial charge on any atom is 0.0434 e. The number of hydrogen-bond acceptors (Lipinski definition) is 2. The van der Waals surface area contributed by atoms with Gasteiger partial charge >= 0.3 is 0 Å². The molecule has 1 aromatic rings. The van der Waals surface area contributed by atoms with Gasteiger partial charge in [0.2, 0.25) is 0 Å². The van der Waals surface area contributed by atoms with Gasteiger partial charge < -0.3 is 10.0 Å². The zero-order valence-corrected chi connectivity index (χ0v) is 9.25. The number of benzene rings is 1. The third kappa shape index (κ3) is 2.74. The first-order valence-corrected chi connectivity index (χ1v) is 5.03. The first kappa shape index (κ1) is 11.1. The molecule has 0 spiro atoms. The Morgan fingerprint density at radius 1 is 1.29 bits per heavy atom. The fourth-order valence-electron chi connectivity index (χ4n) is 1.66. The third-order valence-corrected chi connectivity index (χ3v) is 2.37. The number of aliphatic hydroxyl groups excluding tert-OH is 1. The summed E-state index contributed by atoms with van der Waals surface area (Å²) < 4.78 is 0. The van der Waals surface area contributed by atoms with Gasteiger partial charge in [-0.05, 0) is 37.0 Å². The Bertz CT molecular complexity index is 294. The summed E-state index contributed by atoms with van der Waals surface area (Å²) in [6.07, 6.45) is 1.81. The SMILES string of the molecule is Cc1cc(CCCO)ccc1N(C)C. The van der Waals surface area contributed by atoms with Crippen LogP contribution in [-0.4, -0.2) is 25.8 Å². The molecule has 0 amide bonds. The average molecular weight is 193 g/mol. The topological polar surface area (TPSA) is 23.5 Å². The molecular weight excluding hydrogens is 174 g/mol. The molecule has 0 atom stereocenters. The van der Waals surface area contributed by atoms with Crippen LogP contribution in [0.5, 0.6) is 0 Å². The molecule has 0 aliphatic rings. The van der Waals surface area contributed by atoms with Gasteiger partial charge in [0.1, 0.15) is 0 Å². The second-order valence-corrected chi connectivity index (χ2v) is 3.84. The van der Waals surface area contributed by atoms with Crippen molar-refractivity contribution >= 4 is 5.69 Å². The van der Waals surface area contributed by atoms with E-state index in [2.05, 4.69) is 44.1 Å². The van der Waals surface area contributed by atoms with Gasteiger partial charge in [-0.25, -0.2) is 0 Å². The predicted molar refractivity (Wildman–Crippen MR) is 60.9 cm³/mol. The Hall–Kier alpha value is -1.02. The molecule has 0 fully saturated rings. The molecule has 2 nitrogen and oxygen atoms in total. The summed E-state index contributed by atoms with van der Waals surface area (Å²) in [6.45, 7) is 2.40. The van der Waals surface area contributed by atoms with E-state index in [1.54, 1.807) is 0 Å². The van der Waals surface area contributed by atoms with E-state index in [4.69, 9.17) is 5.11 Å². The highest BCUT2D eigenvalue weighted by atomic mass is 16.2. The van der Waals surface area contributed by atoms with Gasteiger partial charge in [-0.1, -0.05) is 12.1 Å². The van der Waals surface area contributed by atoms with Crippen molar-refractivity contribution in [2.45, 2.75) is 19.8 Å². The van der Waals surface area contributed by atoms with E-state index in [9.17, 15) is 0 Å². The van der Waals surface area contributed by atoms with Crippen LogP contribution >= 0.6 is 0 Å². The van der Waals surface area contributed by atoms with E-state index in [0.29, 0.717) is 0 Å². The number of hydrogen-bond donors (Lipinski definition) is 1. The Balaban J connectivity index is 2.78. The van der Waals surface area contributed by atoms with Gasteiger partial charge in [-0.3, -0.25) is 0 Å². The minimum absolute atomic E-state index is 0.272. The third-order valence-electron chi connectivity index (χ3n) is 2.37. The molecule has 1 aromatic carbocycles. The number of nitrogens with zero attached hydrogens (tertiary/aromatic N) is 1. The molecule has 0 aliphatic heterocycles. The molecule has 0 aliphatic carbocycles. The summed E-state index contributed by atoms with van der Waals surface area (Å²) >= 11 is 0. The monoisotopic (exact) mass is 193 g/mol. The molecule has 1 N–H and O–H groups in total. The molecule has 1 rings (SSSR count). The van der Waals surface area contributed by atoms with Crippen LogP contribution in [0.15, 0.2) is 18.2 Å². The fraction of sp³-hybridized carbons (Fsp3) is 0.500. The number of rotatable bonds is 4. The molecule has 78 valence electrons. The molecule has 2 heteroatoms. The van der Waals surface area contributed by atoms with Crippen molar-refractivity contribution in [1.82, 2.24) is 0 Å². The van der Waals surface area contributed by atoms with Gasteiger partial charge in [0.25, 0.3) is 0 Å². The van der Waals surface area contributed by atoms with Crippen LogP contribution in [0, 0.1) is 6.92 Å². The maximum absolute atomic E-state index is 8.73. The van der Waals surface area contributed by atoms with Crippen molar-refractivity contribution in [1.29, 1.82) is 0 Å². The van der Waals surface area contributed by atoms with Crippen LogP contribution in [0.3, 0.4) is 0 Å². The lowest BCUT2D eigenvalue weighted by atomic mass is 10.1. The Morgan fingerprint density at radius 2 is 2.00 bits per heavy atom. The quantitative estimate of drug-likeness (QED) is 0.790. The summed E-state index contributed by atoms with van der Waals surface area (Å²) in [5.74, 6) is 0. The van der Waals surface area contributed by atoms with Crippen molar-refractivity contribution in [2.24, 2.45) is 0 Å². The van der Waals surface area contributed by atoms with Crippen molar-refractivity contribution in [2.75, 3.05) is 25.6 Å². The summed E-state index contributed by atoms with van der Waals surface area (Å²) in [5.41, 5.74) is 3.87. The molecule has 0 unspecified atom stereocenters. The summed E-state index contributed by atoms with van der Waals surface area (Å²) in [7, 11) is 4.10. The van der Waals surface area contributed by atoms with Gasteiger partial charge in [-0.15, -0.1) is 0 Å². The summed E-state index contributed by atoms with van der Waals surface area (Å²) in [5, 5.41) is 8.73. The lowest BCUT2D eigenvalue weighted by Gasteiger charge is -2.16. The van der Waals surface area contributed by atoms with Gasteiger partial charge in [0, 0.05) is 26.4 Å².